The normalized spacial score (nSPS) is 10.9. The third-order valence-electron chi connectivity index (χ3n) is 4.11. The van der Waals surface area contributed by atoms with E-state index in [1.807, 2.05) is 25.3 Å². The van der Waals surface area contributed by atoms with Crippen LogP contribution in [0.3, 0.4) is 0 Å². The van der Waals surface area contributed by atoms with Crippen molar-refractivity contribution in [1.29, 1.82) is 0 Å². The first-order chi connectivity index (χ1) is 13.0. The smallest absolute Gasteiger partial charge is 0.343 e. The lowest BCUT2D eigenvalue weighted by Gasteiger charge is -2.04. The summed E-state index contributed by atoms with van der Waals surface area (Å²) in [6.07, 6.45) is 2.65. The van der Waals surface area contributed by atoms with Gasteiger partial charge in [-0.1, -0.05) is 36.9 Å². The van der Waals surface area contributed by atoms with Crippen molar-refractivity contribution < 1.29 is 14.5 Å². The highest BCUT2D eigenvalue weighted by molar-refractivity contribution is 7.98. The average molecular weight is 385 g/mol. The maximum Gasteiger partial charge on any atom is 0.343 e. The van der Waals surface area contributed by atoms with Gasteiger partial charge >= 0.3 is 5.97 Å². The van der Waals surface area contributed by atoms with Gasteiger partial charge in [-0.05, 0) is 31.0 Å². The number of thioether (sulfide) groups is 1. The van der Waals surface area contributed by atoms with Crippen molar-refractivity contribution in [3.8, 4) is 0 Å². The molecule has 8 heteroatoms. The molecule has 0 saturated carbocycles. The zero-order valence-electron chi connectivity index (χ0n) is 15.0. The van der Waals surface area contributed by atoms with Crippen LogP contribution in [-0.4, -0.2) is 27.1 Å². The molecule has 0 saturated heterocycles. The summed E-state index contributed by atoms with van der Waals surface area (Å²) in [6.45, 7) is 4.05. The summed E-state index contributed by atoms with van der Waals surface area (Å²) >= 11 is 1.29. The van der Waals surface area contributed by atoms with Gasteiger partial charge in [-0.15, -0.1) is 0 Å². The lowest BCUT2D eigenvalue weighted by atomic mass is 10.1. The first kappa shape index (κ1) is 18.9. The Balaban J connectivity index is 1.99. The highest BCUT2D eigenvalue weighted by atomic mass is 32.2. The molecule has 0 N–H and O–H groups in total. The predicted octanol–water partition coefficient (Wildman–Crippen LogP) is 4.27. The maximum atomic E-state index is 12.5. The largest absolute Gasteiger partial charge is 0.462 e. The number of aryl methyl sites for hydroxylation is 1. The Hall–Kier alpha value is -2.87. The summed E-state index contributed by atoms with van der Waals surface area (Å²) in [5.41, 5.74) is 2.80. The number of carbonyl (C=O) groups excluding carboxylic acids is 1. The average Bonchev–Trinajstić information content (AvgIpc) is 3.04. The molecule has 3 aromatic rings. The number of ether oxygens (including phenoxy) is 1. The lowest BCUT2D eigenvalue weighted by Crippen LogP contribution is -2.05. The molecule has 0 atom stereocenters. The van der Waals surface area contributed by atoms with Crippen LogP contribution in [0.1, 0.15) is 35.3 Å². The van der Waals surface area contributed by atoms with E-state index in [9.17, 15) is 14.9 Å². The Morgan fingerprint density at radius 3 is 2.78 bits per heavy atom. The van der Waals surface area contributed by atoms with Gasteiger partial charge in [0.1, 0.15) is 10.6 Å². The van der Waals surface area contributed by atoms with Crippen LogP contribution >= 0.6 is 11.8 Å². The fourth-order valence-electron chi connectivity index (χ4n) is 2.74. The number of pyridine rings is 1. The minimum atomic E-state index is -0.439. The number of rotatable bonds is 7. The van der Waals surface area contributed by atoms with Gasteiger partial charge in [-0.2, -0.15) is 5.10 Å². The molecule has 0 aliphatic heterocycles. The van der Waals surface area contributed by atoms with Gasteiger partial charge < -0.3 is 4.74 Å². The minimum absolute atomic E-state index is 0.0553. The number of aromatic nitrogens is 2. The number of benzene rings is 1. The monoisotopic (exact) mass is 385 g/mol. The molecular formula is C19H19N3O4S. The molecule has 2 aromatic heterocycles. The van der Waals surface area contributed by atoms with Crippen LogP contribution in [0.5, 0.6) is 0 Å². The van der Waals surface area contributed by atoms with E-state index in [4.69, 9.17) is 4.74 Å². The molecular weight excluding hydrogens is 366 g/mol. The predicted molar refractivity (Wildman–Crippen MR) is 103 cm³/mol. The highest BCUT2D eigenvalue weighted by Gasteiger charge is 2.23. The van der Waals surface area contributed by atoms with Crippen LogP contribution in [0.2, 0.25) is 0 Å². The second-order valence-electron chi connectivity index (χ2n) is 5.79. The number of carbonyl (C=O) groups is 1. The van der Waals surface area contributed by atoms with Crippen LogP contribution in [0.25, 0.3) is 5.52 Å². The third kappa shape index (κ3) is 3.95. The van der Waals surface area contributed by atoms with Crippen molar-refractivity contribution in [2.24, 2.45) is 0 Å². The molecule has 0 aliphatic rings. The highest BCUT2D eigenvalue weighted by Crippen LogP contribution is 2.32. The Morgan fingerprint density at radius 2 is 2.07 bits per heavy atom. The Bertz CT molecular complexity index is 1000. The van der Waals surface area contributed by atoms with E-state index in [2.05, 4.69) is 5.10 Å². The van der Waals surface area contributed by atoms with Crippen LogP contribution in [0, 0.1) is 10.1 Å². The summed E-state index contributed by atoms with van der Waals surface area (Å²) in [6, 6.07) is 10.4. The van der Waals surface area contributed by atoms with Crippen LogP contribution in [-0.2, 0) is 16.9 Å². The fourth-order valence-corrected chi connectivity index (χ4v) is 3.76. The van der Waals surface area contributed by atoms with Crippen LogP contribution < -0.4 is 0 Å². The van der Waals surface area contributed by atoms with E-state index < -0.39 is 10.9 Å². The van der Waals surface area contributed by atoms with Gasteiger partial charge in [-0.25, -0.2) is 9.31 Å². The van der Waals surface area contributed by atoms with E-state index in [-0.39, 0.29) is 12.3 Å². The second-order valence-corrected chi connectivity index (χ2v) is 6.76. The van der Waals surface area contributed by atoms with Crippen molar-refractivity contribution in [3.63, 3.8) is 0 Å². The fraction of sp³-hybridized carbons (Fsp3) is 0.263. The summed E-state index contributed by atoms with van der Waals surface area (Å²) in [5.74, 6) is -0.112. The molecule has 0 amide bonds. The zero-order valence-corrected chi connectivity index (χ0v) is 15.9. The van der Waals surface area contributed by atoms with Crippen molar-refractivity contribution in [1.82, 2.24) is 9.61 Å². The molecule has 27 heavy (non-hydrogen) atoms. The lowest BCUT2D eigenvalue weighted by molar-refractivity contribution is -0.385. The van der Waals surface area contributed by atoms with Gasteiger partial charge in [-0.3, -0.25) is 10.1 Å². The van der Waals surface area contributed by atoms with Gasteiger partial charge in [0.25, 0.3) is 5.69 Å². The van der Waals surface area contributed by atoms with Gasteiger partial charge in [0, 0.05) is 23.6 Å². The van der Waals surface area contributed by atoms with Crippen molar-refractivity contribution in [3.05, 3.63) is 69.4 Å². The molecule has 7 nitrogen and oxygen atoms in total. The third-order valence-corrected chi connectivity index (χ3v) is 5.12. The number of nitrogens with zero attached hydrogens (tertiary/aromatic N) is 3. The number of hydrogen-bond acceptors (Lipinski definition) is 6. The summed E-state index contributed by atoms with van der Waals surface area (Å²) < 4.78 is 6.85. The van der Waals surface area contributed by atoms with Gasteiger partial charge in [0.2, 0.25) is 0 Å². The van der Waals surface area contributed by atoms with Gasteiger partial charge in [0.15, 0.2) is 0 Å². The molecule has 2 heterocycles. The van der Waals surface area contributed by atoms with E-state index in [1.54, 1.807) is 29.6 Å². The van der Waals surface area contributed by atoms with Crippen LogP contribution in [0.15, 0.2) is 47.6 Å². The SMILES string of the molecule is CCOC(=O)c1c(SCc2ccccc2[N+](=O)[O-])nn2ccc(CC)cc12. The molecule has 0 bridgehead atoms. The standard InChI is InChI=1S/C19H19N3O4S/c1-3-13-9-10-21-16(11-13)17(19(23)26-4-2)18(20-21)27-12-14-7-5-6-8-15(14)22(24)25/h5-11H,3-4,12H2,1-2H3. The number of esters is 1. The molecule has 3 rings (SSSR count). The van der Waals surface area contributed by atoms with Crippen molar-refractivity contribution >= 4 is 28.9 Å². The summed E-state index contributed by atoms with van der Waals surface area (Å²) in [7, 11) is 0. The Kier molecular flexibility index (Phi) is 5.75. The second kappa shape index (κ2) is 8.22. The number of nitro groups is 1. The molecule has 140 valence electrons. The number of nitro benzene ring substituents is 1. The van der Waals surface area contributed by atoms with Crippen LogP contribution in [0.4, 0.5) is 5.69 Å². The van der Waals surface area contributed by atoms with Crippen molar-refractivity contribution in [2.75, 3.05) is 6.61 Å². The quantitative estimate of drug-likeness (QED) is 0.261. The van der Waals surface area contributed by atoms with E-state index in [0.717, 1.165) is 12.0 Å². The Morgan fingerprint density at radius 1 is 1.30 bits per heavy atom. The molecule has 0 fully saturated rings. The first-order valence-electron chi connectivity index (χ1n) is 8.58. The molecule has 1 aromatic carbocycles. The summed E-state index contributed by atoms with van der Waals surface area (Å²) in [4.78, 5) is 23.3. The zero-order chi connectivity index (χ0) is 19.4. The minimum Gasteiger partial charge on any atom is -0.462 e. The van der Waals surface area contributed by atoms with Gasteiger partial charge in [0.05, 0.1) is 17.0 Å². The number of fused-ring (bicyclic) bond motifs is 1. The topological polar surface area (TPSA) is 86.7 Å². The van der Waals surface area contributed by atoms with E-state index in [1.165, 1.54) is 17.8 Å². The van der Waals surface area contributed by atoms with E-state index >= 15 is 0 Å². The Labute approximate surface area is 160 Å². The van der Waals surface area contributed by atoms with Crippen molar-refractivity contribution in [2.45, 2.75) is 31.0 Å². The number of hydrogen-bond donors (Lipinski definition) is 0. The summed E-state index contributed by atoms with van der Waals surface area (Å²) in [5, 5.41) is 16.2. The molecule has 0 spiro atoms. The molecule has 0 aliphatic carbocycles. The van der Waals surface area contributed by atoms with E-state index in [0.29, 0.717) is 27.4 Å². The molecule has 0 unspecified atom stereocenters. The molecule has 0 radical (unpaired) electrons. The first-order valence-corrected chi connectivity index (χ1v) is 9.57. The number of para-hydroxylation sites is 1. The maximum absolute atomic E-state index is 12.5.